The number of hydrogen-bond acceptors (Lipinski definition) is 8. The molecule has 6 nitrogen and oxygen atoms in total. The first kappa shape index (κ1) is 15.2. The van der Waals surface area contributed by atoms with Crippen molar-refractivity contribution in [2.45, 2.75) is 27.7 Å². The lowest BCUT2D eigenvalue weighted by atomic mass is 10.1. The number of aromatic nitrogens is 4. The molecule has 0 spiro atoms. The van der Waals surface area contributed by atoms with E-state index in [9.17, 15) is 0 Å². The van der Waals surface area contributed by atoms with Crippen LogP contribution >= 0.6 is 22.7 Å². The van der Waals surface area contributed by atoms with Gasteiger partial charge in [0.2, 0.25) is 0 Å². The molecule has 0 fully saturated rings. The Morgan fingerprint density at radius 2 is 1.92 bits per heavy atom. The lowest BCUT2D eigenvalue weighted by Gasteiger charge is -2.06. The van der Waals surface area contributed by atoms with Crippen molar-refractivity contribution < 1.29 is 4.52 Å². The van der Waals surface area contributed by atoms with E-state index in [0.717, 1.165) is 54.4 Å². The van der Waals surface area contributed by atoms with Gasteiger partial charge in [0.15, 0.2) is 5.82 Å². The molecule has 0 atom stereocenters. The van der Waals surface area contributed by atoms with Crippen LogP contribution in [0.3, 0.4) is 0 Å². The Balaban J connectivity index is 1.89. The van der Waals surface area contributed by atoms with Gasteiger partial charge in [-0.15, -0.1) is 22.7 Å². The number of hydrogen-bond donors (Lipinski definition) is 1. The normalized spacial score (nSPS) is 11.3. The zero-order valence-electron chi connectivity index (χ0n) is 13.7. The highest BCUT2D eigenvalue weighted by Gasteiger charge is 2.19. The van der Waals surface area contributed by atoms with Gasteiger partial charge in [0.1, 0.15) is 17.1 Å². The van der Waals surface area contributed by atoms with Crippen LogP contribution in [0.1, 0.15) is 21.5 Å². The summed E-state index contributed by atoms with van der Waals surface area (Å²) in [5.74, 6) is 2.30. The van der Waals surface area contributed by atoms with Crippen LogP contribution < -0.4 is 5.32 Å². The van der Waals surface area contributed by atoms with E-state index in [4.69, 9.17) is 4.52 Å². The predicted octanol–water partition coefficient (Wildman–Crippen LogP) is 4.78. The molecule has 0 aliphatic heterocycles. The van der Waals surface area contributed by atoms with E-state index in [-0.39, 0.29) is 0 Å². The first-order valence-electron chi connectivity index (χ1n) is 7.41. The van der Waals surface area contributed by atoms with E-state index in [1.807, 2.05) is 39.3 Å². The second kappa shape index (κ2) is 5.64. The maximum Gasteiger partial charge on any atom is 0.159 e. The van der Waals surface area contributed by atoms with Crippen molar-refractivity contribution in [1.29, 1.82) is 0 Å². The van der Waals surface area contributed by atoms with Crippen LogP contribution in [0.4, 0.5) is 11.6 Å². The molecule has 4 heterocycles. The highest BCUT2D eigenvalue weighted by molar-refractivity contribution is 7.19. The third kappa shape index (κ3) is 2.47. The molecule has 4 aromatic heterocycles. The van der Waals surface area contributed by atoms with Crippen LogP contribution in [-0.2, 0) is 0 Å². The maximum atomic E-state index is 5.32. The molecule has 0 aliphatic carbocycles. The zero-order valence-corrected chi connectivity index (χ0v) is 15.3. The molecular weight excluding hydrogens is 342 g/mol. The van der Waals surface area contributed by atoms with Crippen molar-refractivity contribution in [3.63, 3.8) is 0 Å². The van der Waals surface area contributed by atoms with Gasteiger partial charge in [0, 0.05) is 17.1 Å². The SMILES string of the molecule is Cc1nc(Nc2ncc(-c3c(C)noc3C)c3sc(C)nc23)cs1. The second-order valence-corrected chi connectivity index (χ2v) is 7.77. The predicted molar refractivity (Wildman–Crippen MR) is 97.3 cm³/mol. The molecule has 0 aliphatic rings. The van der Waals surface area contributed by atoms with Gasteiger partial charge >= 0.3 is 0 Å². The number of rotatable bonds is 3. The van der Waals surface area contributed by atoms with E-state index in [1.54, 1.807) is 22.7 Å². The summed E-state index contributed by atoms with van der Waals surface area (Å²) in [5, 5.41) is 11.3. The van der Waals surface area contributed by atoms with E-state index in [0.29, 0.717) is 0 Å². The minimum absolute atomic E-state index is 0.718. The van der Waals surface area contributed by atoms with Crippen molar-refractivity contribution in [1.82, 2.24) is 20.1 Å². The van der Waals surface area contributed by atoms with E-state index >= 15 is 0 Å². The standard InChI is InChI=1S/C16H15N5OS2/c1-7-13(8(2)22-21-7)11-5-17-16(14-15(11)24-10(4)19-14)20-12-6-23-9(3)18-12/h5-6H,1-4H3,(H,17,20). The summed E-state index contributed by atoms with van der Waals surface area (Å²) in [4.78, 5) is 13.7. The van der Waals surface area contributed by atoms with E-state index in [1.165, 1.54) is 0 Å². The minimum Gasteiger partial charge on any atom is -0.361 e. The fraction of sp³-hybridized carbons (Fsp3) is 0.250. The van der Waals surface area contributed by atoms with Crippen LogP contribution in [0.2, 0.25) is 0 Å². The summed E-state index contributed by atoms with van der Waals surface area (Å²) in [5.41, 5.74) is 3.71. The van der Waals surface area contributed by atoms with Gasteiger partial charge in [-0.1, -0.05) is 5.16 Å². The molecule has 4 rings (SSSR count). The number of anilines is 2. The Bertz CT molecular complexity index is 1030. The summed E-state index contributed by atoms with van der Waals surface area (Å²) in [6, 6.07) is 0. The smallest absolute Gasteiger partial charge is 0.159 e. The van der Waals surface area contributed by atoms with Crippen molar-refractivity contribution in [3.05, 3.63) is 33.0 Å². The fourth-order valence-corrected chi connectivity index (χ4v) is 4.18. The molecule has 1 N–H and O–H groups in total. The summed E-state index contributed by atoms with van der Waals surface area (Å²) >= 11 is 3.25. The van der Waals surface area contributed by atoms with Gasteiger partial charge in [-0.3, -0.25) is 0 Å². The number of nitrogens with zero attached hydrogens (tertiary/aromatic N) is 4. The third-order valence-corrected chi connectivity index (χ3v) is 5.47. The molecule has 0 saturated heterocycles. The van der Waals surface area contributed by atoms with Gasteiger partial charge in [-0.2, -0.15) is 0 Å². The van der Waals surface area contributed by atoms with Gasteiger partial charge in [0.25, 0.3) is 0 Å². The Morgan fingerprint density at radius 3 is 2.58 bits per heavy atom. The summed E-state index contributed by atoms with van der Waals surface area (Å²) < 4.78 is 6.39. The van der Waals surface area contributed by atoms with Crippen LogP contribution in [0.5, 0.6) is 0 Å². The molecule has 0 amide bonds. The lowest BCUT2D eigenvalue weighted by Crippen LogP contribution is -1.96. The molecule has 0 saturated carbocycles. The van der Waals surface area contributed by atoms with Crippen LogP contribution in [0.15, 0.2) is 16.1 Å². The first-order chi connectivity index (χ1) is 11.5. The quantitative estimate of drug-likeness (QED) is 0.568. The maximum absolute atomic E-state index is 5.32. The first-order valence-corrected chi connectivity index (χ1v) is 9.11. The number of thiazole rings is 2. The molecule has 0 radical (unpaired) electrons. The Hall–Kier alpha value is -2.32. The highest BCUT2D eigenvalue weighted by atomic mass is 32.1. The fourth-order valence-electron chi connectivity index (χ4n) is 2.70. The van der Waals surface area contributed by atoms with Gasteiger partial charge in [0.05, 0.1) is 26.0 Å². The highest BCUT2D eigenvalue weighted by Crippen LogP contribution is 2.38. The van der Waals surface area contributed by atoms with E-state index in [2.05, 4.69) is 25.4 Å². The van der Waals surface area contributed by atoms with Gasteiger partial charge in [-0.05, 0) is 27.7 Å². The van der Waals surface area contributed by atoms with Crippen LogP contribution in [0, 0.1) is 27.7 Å². The monoisotopic (exact) mass is 357 g/mol. The molecule has 8 heteroatoms. The molecule has 122 valence electrons. The zero-order chi connectivity index (χ0) is 16.8. The van der Waals surface area contributed by atoms with E-state index < -0.39 is 0 Å². The van der Waals surface area contributed by atoms with Crippen LogP contribution in [-0.4, -0.2) is 20.1 Å². The number of nitrogens with one attached hydrogen (secondary N) is 1. The molecule has 0 bridgehead atoms. The molecule has 4 aromatic rings. The van der Waals surface area contributed by atoms with Gasteiger partial charge < -0.3 is 9.84 Å². The largest absolute Gasteiger partial charge is 0.361 e. The molecule has 0 unspecified atom stereocenters. The van der Waals surface area contributed by atoms with Crippen molar-refractivity contribution in [3.8, 4) is 11.1 Å². The summed E-state index contributed by atoms with van der Waals surface area (Å²) in [6.07, 6.45) is 1.86. The van der Waals surface area contributed by atoms with Crippen molar-refractivity contribution in [2.75, 3.05) is 5.32 Å². The topological polar surface area (TPSA) is 76.7 Å². The average Bonchev–Trinajstić information content (AvgIpc) is 3.21. The van der Waals surface area contributed by atoms with Crippen molar-refractivity contribution >= 4 is 44.5 Å². The number of fused-ring (bicyclic) bond motifs is 1. The summed E-state index contributed by atoms with van der Waals surface area (Å²) in [6.45, 7) is 7.83. The lowest BCUT2D eigenvalue weighted by molar-refractivity contribution is 0.393. The Labute approximate surface area is 146 Å². The Morgan fingerprint density at radius 1 is 1.08 bits per heavy atom. The number of aryl methyl sites for hydroxylation is 4. The third-order valence-electron chi connectivity index (χ3n) is 3.69. The van der Waals surface area contributed by atoms with Gasteiger partial charge in [-0.25, -0.2) is 15.0 Å². The number of pyridine rings is 1. The second-order valence-electron chi connectivity index (χ2n) is 5.51. The van der Waals surface area contributed by atoms with Crippen molar-refractivity contribution in [2.24, 2.45) is 0 Å². The average molecular weight is 357 g/mol. The molecular formula is C16H15N5OS2. The minimum atomic E-state index is 0.718. The molecule has 24 heavy (non-hydrogen) atoms. The summed E-state index contributed by atoms with van der Waals surface area (Å²) in [7, 11) is 0. The van der Waals surface area contributed by atoms with Crippen LogP contribution in [0.25, 0.3) is 21.3 Å². The molecule has 0 aromatic carbocycles. The Kier molecular flexibility index (Phi) is 3.58.